The van der Waals surface area contributed by atoms with E-state index >= 15 is 0 Å². The van der Waals surface area contributed by atoms with Crippen LogP contribution in [0.4, 0.5) is 0 Å². The van der Waals surface area contributed by atoms with Crippen molar-refractivity contribution in [3.63, 3.8) is 0 Å². The molecule has 0 spiro atoms. The molecule has 0 aliphatic rings. The topological polar surface area (TPSA) is 54.9 Å². The molecule has 0 bridgehead atoms. The molecule has 0 heterocycles. The lowest BCUT2D eigenvalue weighted by atomic mass is 10.1. The molecule has 2 aromatic rings. The molecule has 0 radical (unpaired) electrons. The highest BCUT2D eigenvalue weighted by Crippen LogP contribution is 2.19. The number of ether oxygens (including phenoxy) is 2. The zero-order chi connectivity index (χ0) is 18.1. The molecular weight excluding hydrogens is 441 g/mol. The predicted octanol–water partition coefficient (Wildman–Crippen LogP) is 3.54. The number of guanidine groups is 1. The maximum Gasteiger partial charge on any atom is 0.191 e. The number of hydrogen-bond acceptors (Lipinski definition) is 3. The molecule has 6 heteroatoms. The van der Waals surface area contributed by atoms with E-state index in [1.165, 1.54) is 11.1 Å². The predicted molar refractivity (Wildman–Crippen MR) is 118 cm³/mol. The van der Waals surface area contributed by atoms with Crippen LogP contribution in [-0.4, -0.2) is 33.8 Å². The van der Waals surface area contributed by atoms with Gasteiger partial charge in [-0.15, -0.1) is 24.0 Å². The molecule has 0 unspecified atom stereocenters. The van der Waals surface area contributed by atoms with E-state index in [-0.39, 0.29) is 24.0 Å². The number of aryl methyl sites for hydroxylation is 1. The standard InChI is InChI=1S/C20H27N3O2.HI/c1-15-5-8-17(19(13-15)25-4)14-23-20(21-2)22-12-11-16-6-9-18(24-3)10-7-16;/h5-10,13H,11-12,14H2,1-4H3,(H2,21,22,23);1H. The Hall–Kier alpha value is -1.96. The summed E-state index contributed by atoms with van der Waals surface area (Å²) in [5.41, 5.74) is 3.54. The first-order chi connectivity index (χ1) is 12.2. The van der Waals surface area contributed by atoms with Crippen molar-refractivity contribution in [3.05, 3.63) is 59.2 Å². The van der Waals surface area contributed by atoms with Gasteiger partial charge in [-0.25, -0.2) is 0 Å². The van der Waals surface area contributed by atoms with Crippen molar-refractivity contribution in [2.75, 3.05) is 27.8 Å². The zero-order valence-electron chi connectivity index (χ0n) is 15.8. The third kappa shape index (κ3) is 6.74. The lowest BCUT2D eigenvalue weighted by Gasteiger charge is -2.14. The number of benzene rings is 2. The van der Waals surface area contributed by atoms with Crippen LogP contribution in [0.15, 0.2) is 47.5 Å². The maximum atomic E-state index is 5.44. The average Bonchev–Trinajstić information content (AvgIpc) is 2.65. The van der Waals surface area contributed by atoms with Crippen LogP contribution in [0.25, 0.3) is 0 Å². The zero-order valence-corrected chi connectivity index (χ0v) is 18.2. The van der Waals surface area contributed by atoms with E-state index in [9.17, 15) is 0 Å². The van der Waals surface area contributed by atoms with Crippen molar-refractivity contribution in [2.45, 2.75) is 19.9 Å². The van der Waals surface area contributed by atoms with Crippen molar-refractivity contribution < 1.29 is 9.47 Å². The summed E-state index contributed by atoms with van der Waals surface area (Å²) in [4.78, 5) is 4.27. The lowest BCUT2D eigenvalue weighted by molar-refractivity contribution is 0.408. The van der Waals surface area contributed by atoms with Crippen LogP contribution in [0.1, 0.15) is 16.7 Å². The van der Waals surface area contributed by atoms with E-state index < -0.39 is 0 Å². The summed E-state index contributed by atoms with van der Waals surface area (Å²) in [7, 11) is 5.14. The monoisotopic (exact) mass is 469 g/mol. The fraction of sp³-hybridized carbons (Fsp3) is 0.350. The molecule has 2 aromatic carbocycles. The van der Waals surface area contributed by atoms with Gasteiger partial charge in [0.25, 0.3) is 0 Å². The van der Waals surface area contributed by atoms with Crippen LogP contribution < -0.4 is 20.1 Å². The van der Waals surface area contributed by atoms with Gasteiger partial charge < -0.3 is 20.1 Å². The Bertz CT molecular complexity index is 703. The number of hydrogen-bond donors (Lipinski definition) is 2. The summed E-state index contributed by atoms with van der Waals surface area (Å²) in [6.45, 7) is 3.52. The number of rotatable bonds is 7. The maximum absolute atomic E-state index is 5.44. The van der Waals surface area contributed by atoms with Crippen molar-refractivity contribution in [1.82, 2.24) is 10.6 Å². The first kappa shape index (κ1) is 22.1. The van der Waals surface area contributed by atoms with Crippen molar-refractivity contribution in [2.24, 2.45) is 4.99 Å². The smallest absolute Gasteiger partial charge is 0.191 e. The first-order valence-corrected chi connectivity index (χ1v) is 8.37. The molecular formula is C20H28IN3O2. The molecule has 0 aromatic heterocycles. The average molecular weight is 469 g/mol. The van der Waals surface area contributed by atoms with Gasteiger partial charge in [0, 0.05) is 25.7 Å². The van der Waals surface area contributed by atoms with Gasteiger partial charge in [-0.3, -0.25) is 4.99 Å². The summed E-state index contributed by atoms with van der Waals surface area (Å²) >= 11 is 0. The normalized spacial score (nSPS) is 10.7. The van der Waals surface area contributed by atoms with Gasteiger partial charge in [0.05, 0.1) is 14.2 Å². The number of aliphatic imine (C=N–C) groups is 1. The number of halogens is 1. The molecule has 0 saturated carbocycles. The Morgan fingerprint density at radius 2 is 1.73 bits per heavy atom. The Kier molecular flexibility index (Phi) is 9.87. The molecule has 0 atom stereocenters. The minimum Gasteiger partial charge on any atom is -0.497 e. The van der Waals surface area contributed by atoms with Gasteiger partial charge in [0.2, 0.25) is 0 Å². The Labute approximate surface area is 173 Å². The van der Waals surface area contributed by atoms with Gasteiger partial charge in [-0.05, 0) is 42.7 Å². The van der Waals surface area contributed by atoms with Gasteiger partial charge in [-0.2, -0.15) is 0 Å². The minimum absolute atomic E-state index is 0. The molecule has 0 aliphatic heterocycles. The van der Waals surface area contributed by atoms with Gasteiger partial charge >= 0.3 is 0 Å². The fourth-order valence-electron chi connectivity index (χ4n) is 2.51. The lowest BCUT2D eigenvalue weighted by Crippen LogP contribution is -2.37. The van der Waals surface area contributed by atoms with E-state index in [4.69, 9.17) is 9.47 Å². The number of nitrogens with zero attached hydrogens (tertiary/aromatic N) is 1. The highest BCUT2D eigenvalue weighted by atomic mass is 127. The molecule has 142 valence electrons. The van der Waals surface area contributed by atoms with E-state index in [1.54, 1.807) is 21.3 Å². The SMILES string of the molecule is CN=C(NCCc1ccc(OC)cc1)NCc1ccc(C)cc1OC.I. The summed E-state index contributed by atoms with van der Waals surface area (Å²) < 4.78 is 10.6. The third-order valence-corrected chi connectivity index (χ3v) is 3.98. The minimum atomic E-state index is 0. The van der Waals surface area contributed by atoms with Crippen LogP contribution in [0, 0.1) is 6.92 Å². The Morgan fingerprint density at radius 1 is 1.00 bits per heavy atom. The second-order valence-corrected chi connectivity index (χ2v) is 5.77. The van der Waals surface area contributed by atoms with E-state index in [0.29, 0.717) is 6.54 Å². The van der Waals surface area contributed by atoms with E-state index in [0.717, 1.165) is 36.0 Å². The molecule has 0 fully saturated rings. The molecule has 0 saturated heterocycles. The largest absolute Gasteiger partial charge is 0.497 e. The fourth-order valence-corrected chi connectivity index (χ4v) is 2.51. The van der Waals surface area contributed by atoms with Gasteiger partial charge in [-0.1, -0.05) is 24.3 Å². The second kappa shape index (κ2) is 11.6. The molecule has 26 heavy (non-hydrogen) atoms. The van der Waals surface area contributed by atoms with Crippen LogP contribution in [0.3, 0.4) is 0 Å². The van der Waals surface area contributed by atoms with Crippen molar-refractivity contribution >= 4 is 29.9 Å². The number of nitrogens with one attached hydrogen (secondary N) is 2. The number of methoxy groups -OCH3 is 2. The quantitative estimate of drug-likeness (QED) is 0.370. The highest BCUT2D eigenvalue weighted by Gasteiger charge is 2.04. The summed E-state index contributed by atoms with van der Waals surface area (Å²) in [6, 6.07) is 14.3. The Morgan fingerprint density at radius 3 is 2.35 bits per heavy atom. The highest BCUT2D eigenvalue weighted by molar-refractivity contribution is 14.0. The first-order valence-electron chi connectivity index (χ1n) is 8.37. The Balaban J connectivity index is 0.00000338. The van der Waals surface area contributed by atoms with Crippen LogP contribution in [0.5, 0.6) is 11.5 Å². The summed E-state index contributed by atoms with van der Waals surface area (Å²) in [5, 5.41) is 6.66. The molecule has 0 amide bonds. The molecule has 2 rings (SSSR count). The molecule has 5 nitrogen and oxygen atoms in total. The third-order valence-electron chi connectivity index (χ3n) is 3.98. The van der Waals surface area contributed by atoms with Gasteiger partial charge in [0.1, 0.15) is 11.5 Å². The van der Waals surface area contributed by atoms with E-state index in [2.05, 4.69) is 46.8 Å². The van der Waals surface area contributed by atoms with E-state index in [1.807, 2.05) is 18.2 Å². The van der Waals surface area contributed by atoms with Crippen LogP contribution >= 0.6 is 24.0 Å². The molecule has 2 N–H and O–H groups in total. The second-order valence-electron chi connectivity index (χ2n) is 5.77. The van der Waals surface area contributed by atoms with Crippen LogP contribution in [0.2, 0.25) is 0 Å². The van der Waals surface area contributed by atoms with Gasteiger partial charge in [0.15, 0.2) is 5.96 Å². The summed E-state index contributed by atoms with van der Waals surface area (Å²) in [6.07, 6.45) is 0.915. The van der Waals surface area contributed by atoms with Crippen molar-refractivity contribution in [3.8, 4) is 11.5 Å². The van der Waals surface area contributed by atoms with Crippen LogP contribution in [-0.2, 0) is 13.0 Å². The summed E-state index contributed by atoms with van der Waals surface area (Å²) in [5.74, 6) is 2.54. The van der Waals surface area contributed by atoms with Crippen molar-refractivity contribution in [1.29, 1.82) is 0 Å². The molecule has 0 aliphatic carbocycles.